The van der Waals surface area contributed by atoms with E-state index in [1.165, 1.54) is 0 Å². The van der Waals surface area contributed by atoms with Gasteiger partial charge in [-0.15, -0.1) is 0 Å². The lowest BCUT2D eigenvalue weighted by Gasteiger charge is -2.07. The molecule has 1 amide bonds. The standard InChI is InChI=1S/C12H18N2O4/c15-8-6-14-18-9-7-13-12(16)17-10-11-4-2-1-3-5-11/h1-5,14-15H,6-10H2,(H,13,16). The summed E-state index contributed by atoms with van der Waals surface area (Å²) < 4.78 is 4.99. The maximum Gasteiger partial charge on any atom is 0.407 e. The van der Waals surface area contributed by atoms with Crippen molar-refractivity contribution in [3.63, 3.8) is 0 Å². The number of hydrogen-bond donors (Lipinski definition) is 3. The fraction of sp³-hybridized carbons (Fsp3) is 0.417. The van der Waals surface area contributed by atoms with Gasteiger partial charge in [0.1, 0.15) is 6.61 Å². The molecule has 0 bridgehead atoms. The first-order valence-corrected chi connectivity index (χ1v) is 5.73. The van der Waals surface area contributed by atoms with Crippen LogP contribution >= 0.6 is 0 Å². The molecule has 0 unspecified atom stereocenters. The number of hydrogen-bond acceptors (Lipinski definition) is 5. The average Bonchev–Trinajstić information content (AvgIpc) is 2.41. The molecule has 0 heterocycles. The summed E-state index contributed by atoms with van der Waals surface area (Å²) in [6.07, 6.45) is -0.482. The van der Waals surface area contributed by atoms with E-state index in [9.17, 15) is 4.79 Å². The molecule has 0 aromatic heterocycles. The Morgan fingerprint density at radius 3 is 2.72 bits per heavy atom. The Hall–Kier alpha value is -1.63. The van der Waals surface area contributed by atoms with Gasteiger partial charge in [0, 0.05) is 13.1 Å². The molecule has 6 nitrogen and oxygen atoms in total. The molecule has 0 saturated carbocycles. The molecule has 0 radical (unpaired) electrons. The number of carbonyl (C=O) groups is 1. The first kappa shape index (κ1) is 14.4. The van der Waals surface area contributed by atoms with E-state index in [0.717, 1.165) is 5.56 Å². The minimum atomic E-state index is -0.482. The molecule has 0 spiro atoms. The molecular weight excluding hydrogens is 236 g/mol. The van der Waals surface area contributed by atoms with Gasteiger partial charge in [-0.3, -0.25) is 4.84 Å². The van der Waals surface area contributed by atoms with E-state index in [1.54, 1.807) is 0 Å². The number of alkyl carbamates (subject to hydrolysis) is 1. The number of amides is 1. The normalized spacial score (nSPS) is 10.1. The van der Waals surface area contributed by atoms with Crippen LogP contribution < -0.4 is 10.8 Å². The Kier molecular flexibility index (Phi) is 7.54. The number of aliphatic hydroxyl groups excluding tert-OH is 1. The number of carbonyl (C=O) groups excluding carboxylic acids is 1. The SMILES string of the molecule is O=C(NCCONCCO)OCc1ccccc1. The van der Waals surface area contributed by atoms with Gasteiger partial charge in [-0.05, 0) is 5.56 Å². The summed E-state index contributed by atoms with van der Waals surface area (Å²) in [4.78, 5) is 16.2. The molecule has 3 N–H and O–H groups in total. The highest BCUT2D eigenvalue weighted by molar-refractivity contribution is 5.67. The minimum Gasteiger partial charge on any atom is -0.445 e. The Morgan fingerprint density at radius 1 is 1.22 bits per heavy atom. The fourth-order valence-corrected chi connectivity index (χ4v) is 1.17. The van der Waals surface area contributed by atoms with Crippen molar-refractivity contribution in [3.05, 3.63) is 35.9 Å². The summed E-state index contributed by atoms with van der Waals surface area (Å²) >= 11 is 0. The van der Waals surface area contributed by atoms with E-state index in [2.05, 4.69) is 10.8 Å². The smallest absolute Gasteiger partial charge is 0.407 e. The Labute approximate surface area is 106 Å². The van der Waals surface area contributed by atoms with E-state index in [0.29, 0.717) is 19.7 Å². The molecule has 1 aromatic rings. The van der Waals surface area contributed by atoms with Crippen molar-refractivity contribution in [2.45, 2.75) is 6.61 Å². The molecule has 0 saturated heterocycles. The van der Waals surface area contributed by atoms with Crippen molar-refractivity contribution < 1.29 is 19.5 Å². The number of rotatable bonds is 8. The molecule has 1 rings (SSSR count). The average molecular weight is 254 g/mol. The number of aliphatic hydroxyl groups is 1. The lowest BCUT2D eigenvalue weighted by Crippen LogP contribution is -2.30. The molecule has 0 atom stereocenters. The van der Waals surface area contributed by atoms with Crippen LogP contribution in [-0.4, -0.2) is 37.5 Å². The van der Waals surface area contributed by atoms with E-state index >= 15 is 0 Å². The van der Waals surface area contributed by atoms with Crippen LogP contribution in [0.5, 0.6) is 0 Å². The maximum atomic E-state index is 11.3. The van der Waals surface area contributed by atoms with Gasteiger partial charge in [-0.2, -0.15) is 0 Å². The second-order valence-electron chi connectivity index (χ2n) is 3.45. The van der Waals surface area contributed by atoms with Crippen LogP contribution in [0.1, 0.15) is 5.56 Å². The maximum absolute atomic E-state index is 11.3. The third-order valence-corrected chi connectivity index (χ3v) is 2.00. The molecule has 0 aliphatic heterocycles. The van der Waals surface area contributed by atoms with Gasteiger partial charge in [0.15, 0.2) is 0 Å². The van der Waals surface area contributed by atoms with E-state index in [4.69, 9.17) is 14.7 Å². The zero-order chi connectivity index (χ0) is 13.1. The molecule has 0 aliphatic rings. The number of nitrogens with one attached hydrogen (secondary N) is 2. The van der Waals surface area contributed by atoms with Crippen molar-refractivity contribution in [1.82, 2.24) is 10.8 Å². The van der Waals surface area contributed by atoms with E-state index in [1.807, 2.05) is 30.3 Å². The Morgan fingerprint density at radius 2 is 2.00 bits per heavy atom. The van der Waals surface area contributed by atoms with Gasteiger partial charge in [0.2, 0.25) is 0 Å². The molecule has 100 valence electrons. The summed E-state index contributed by atoms with van der Waals surface area (Å²) in [6, 6.07) is 9.44. The predicted octanol–water partition coefficient (Wildman–Crippen LogP) is 0.426. The number of ether oxygens (including phenoxy) is 1. The summed E-state index contributed by atoms with van der Waals surface area (Å²) in [5.74, 6) is 0. The van der Waals surface area contributed by atoms with Crippen LogP contribution in [0.15, 0.2) is 30.3 Å². The molecule has 18 heavy (non-hydrogen) atoms. The fourth-order valence-electron chi connectivity index (χ4n) is 1.17. The minimum absolute atomic E-state index is 0.00649. The van der Waals surface area contributed by atoms with Crippen LogP contribution in [0.2, 0.25) is 0 Å². The summed E-state index contributed by atoms with van der Waals surface area (Å²) in [7, 11) is 0. The van der Waals surface area contributed by atoms with Crippen LogP contribution in [0.4, 0.5) is 4.79 Å². The van der Waals surface area contributed by atoms with Gasteiger partial charge in [-0.1, -0.05) is 30.3 Å². The first-order chi connectivity index (χ1) is 8.83. The number of benzene rings is 1. The zero-order valence-electron chi connectivity index (χ0n) is 10.1. The summed E-state index contributed by atoms with van der Waals surface area (Å²) in [6.45, 7) is 1.26. The van der Waals surface area contributed by atoms with Crippen LogP contribution in [0.3, 0.4) is 0 Å². The zero-order valence-corrected chi connectivity index (χ0v) is 10.1. The molecule has 6 heteroatoms. The lowest BCUT2D eigenvalue weighted by atomic mass is 10.2. The highest BCUT2D eigenvalue weighted by Gasteiger charge is 2.01. The number of hydroxylamine groups is 1. The van der Waals surface area contributed by atoms with Crippen molar-refractivity contribution in [1.29, 1.82) is 0 Å². The molecule has 1 aromatic carbocycles. The van der Waals surface area contributed by atoms with Gasteiger partial charge in [-0.25, -0.2) is 10.3 Å². The highest BCUT2D eigenvalue weighted by Crippen LogP contribution is 2.00. The van der Waals surface area contributed by atoms with Gasteiger partial charge in [0.05, 0.1) is 13.2 Å². The Balaban J connectivity index is 2.01. The third kappa shape index (κ3) is 6.85. The second-order valence-corrected chi connectivity index (χ2v) is 3.45. The summed E-state index contributed by atoms with van der Waals surface area (Å²) in [5, 5.41) is 11.0. The topological polar surface area (TPSA) is 79.8 Å². The Bertz CT molecular complexity index is 332. The van der Waals surface area contributed by atoms with Crippen LogP contribution in [0, 0.1) is 0 Å². The summed E-state index contributed by atoms with van der Waals surface area (Å²) in [5.41, 5.74) is 3.46. The highest BCUT2D eigenvalue weighted by atomic mass is 16.6. The predicted molar refractivity (Wildman–Crippen MR) is 65.7 cm³/mol. The van der Waals surface area contributed by atoms with Crippen LogP contribution in [0.25, 0.3) is 0 Å². The molecule has 0 fully saturated rings. The van der Waals surface area contributed by atoms with Gasteiger partial charge in [0.25, 0.3) is 0 Å². The van der Waals surface area contributed by atoms with Crippen molar-refractivity contribution in [2.75, 3.05) is 26.3 Å². The van der Waals surface area contributed by atoms with Gasteiger partial charge < -0.3 is 15.2 Å². The molecular formula is C12H18N2O4. The van der Waals surface area contributed by atoms with Crippen LogP contribution in [-0.2, 0) is 16.2 Å². The van der Waals surface area contributed by atoms with E-state index < -0.39 is 6.09 Å². The second kappa shape index (κ2) is 9.41. The van der Waals surface area contributed by atoms with Gasteiger partial charge >= 0.3 is 6.09 Å². The van der Waals surface area contributed by atoms with Crippen molar-refractivity contribution >= 4 is 6.09 Å². The molecule has 0 aliphatic carbocycles. The first-order valence-electron chi connectivity index (χ1n) is 5.73. The largest absolute Gasteiger partial charge is 0.445 e. The van der Waals surface area contributed by atoms with Crippen molar-refractivity contribution in [3.8, 4) is 0 Å². The third-order valence-electron chi connectivity index (χ3n) is 2.00. The van der Waals surface area contributed by atoms with Crippen molar-refractivity contribution in [2.24, 2.45) is 0 Å². The van der Waals surface area contributed by atoms with E-state index in [-0.39, 0.29) is 13.2 Å². The lowest BCUT2D eigenvalue weighted by molar-refractivity contribution is 0.0333. The monoisotopic (exact) mass is 254 g/mol. The quantitative estimate of drug-likeness (QED) is 0.463.